The fraction of sp³-hybridized carbons (Fsp3) is 0.222. The summed E-state index contributed by atoms with van der Waals surface area (Å²) in [5, 5.41) is 0. The standard InChI is InChI=1S/C27H30N3O2.HI/c1-6-30-25(24-14-13-23(31-4)18-26(24)32-5)19-29-16-15-21(17-27(29)30)8-7-20-9-11-22(12-10-20)28(2)3;/h7-19H,6H2,1-5H3;1H/q+1;/p-1. The average molecular weight is 555 g/mol. The molecule has 0 saturated heterocycles. The van der Waals surface area contributed by atoms with Crippen molar-refractivity contribution in [2.75, 3.05) is 33.2 Å². The Bertz CT molecular complexity index is 1260. The highest BCUT2D eigenvalue weighted by atomic mass is 127. The molecule has 33 heavy (non-hydrogen) atoms. The third kappa shape index (κ3) is 5.16. The molecule has 0 bridgehead atoms. The number of benzene rings is 2. The largest absolute Gasteiger partial charge is 1.00 e. The molecule has 2 aromatic carbocycles. The van der Waals surface area contributed by atoms with Crippen LogP contribution in [0.15, 0.2) is 67.0 Å². The van der Waals surface area contributed by atoms with E-state index in [-0.39, 0.29) is 24.0 Å². The molecule has 0 saturated carbocycles. The Kier molecular flexibility index (Phi) is 8.02. The van der Waals surface area contributed by atoms with E-state index in [1.54, 1.807) is 14.2 Å². The summed E-state index contributed by atoms with van der Waals surface area (Å²) in [5.74, 6) is 1.58. The highest BCUT2D eigenvalue weighted by Gasteiger charge is 2.21. The Morgan fingerprint density at radius 1 is 0.909 bits per heavy atom. The number of rotatable bonds is 7. The first-order valence-corrected chi connectivity index (χ1v) is 10.8. The Hall–Kier alpha value is -3.00. The number of imidazole rings is 1. The Morgan fingerprint density at radius 3 is 2.27 bits per heavy atom. The van der Waals surface area contributed by atoms with Gasteiger partial charge in [-0.2, -0.15) is 0 Å². The second-order valence-electron chi connectivity index (χ2n) is 7.87. The summed E-state index contributed by atoms with van der Waals surface area (Å²) < 4.78 is 15.5. The van der Waals surface area contributed by atoms with E-state index >= 15 is 0 Å². The Labute approximate surface area is 212 Å². The van der Waals surface area contributed by atoms with Gasteiger partial charge >= 0.3 is 0 Å². The lowest BCUT2D eigenvalue weighted by Gasteiger charge is -2.11. The zero-order valence-electron chi connectivity index (χ0n) is 19.7. The SMILES string of the molecule is CCn1c(-c2ccc(OC)cc2OC)c[n+]2ccc(/C=C/c3ccc(N(C)C)cc3)cc12.[I-]. The highest BCUT2D eigenvalue weighted by Crippen LogP contribution is 2.33. The van der Waals surface area contributed by atoms with Crippen molar-refractivity contribution in [1.29, 1.82) is 0 Å². The van der Waals surface area contributed by atoms with Crippen molar-refractivity contribution in [3.63, 3.8) is 0 Å². The van der Waals surface area contributed by atoms with E-state index in [0.29, 0.717) is 0 Å². The normalized spacial score (nSPS) is 10.9. The lowest BCUT2D eigenvalue weighted by Crippen LogP contribution is -3.00. The van der Waals surface area contributed by atoms with Crippen LogP contribution >= 0.6 is 0 Å². The van der Waals surface area contributed by atoms with E-state index in [1.165, 1.54) is 11.3 Å². The minimum Gasteiger partial charge on any atom is -1.00 e. The first-order chi connectivity index (χ1) is 15.5. The summed E-state index contributed by atoms with van der Waals surface area (Å²) in [6.45, 7) is 3.01. The second-order valence-corrected chi connectivity index (χ2v) is 7.87. The Balaban J connectivity index is 0.00000306. The van der Waals surface area contributed by atoms with Gasteiger partial charge in [0.15, 0.2) is 5.69 Å². The molecule has 0 aliphatic heterocycles. The first kappa shape index (κ1) is 24.6. The van der Waals surface area contributed by atoms with Crippen LogP contribution in [0.2, 0.25) is 0 Å². The van der Waals surface area contributed by atoms with Crippen molar-refractivity contribution < 1.29 is 37.9 Å². The number of pyridine rings is 1. The summed E-state index contributed by atoms with van der Waals surface area (Å²) in [4.78, 5) is 2.10. The third-order valence-corrected chi connectivity index (χ3v) is 5.70. The molecule has 0 radical (unpaired) electrons. The van der Waals surface area contributed by atoms with Gasteiger partial charge in [0.05, 0.1) is 32.5 Å². The highest BCUT2D eigenvalue weighted by molar-refractivity contribution is 5.73. The Morgan fingerprint density at radius 2 is 1.64 bits per heavy atom. The summed E-state index contributed by atoms with van der Waals surface area (Å²) >= 11 is 0. The van der Waals surface area contributed by atoms with Gasteiger partial charge in [-0.05, 0) is 48.4 Å². The molecule has 0 aliphatic carbocycles. The zero-order valence-corrected chi connectivity index (χ0v) is 21.9. The van der Waals surface area contributed by atoms with Crippen LogP contribution in [0.1, 0.15) is 18.1 Å². The molecular weight excluding hydrogens is 525 g/mol. The zero-order chi connectivity index (χ0) is 22.7. The number of ether oxygens (including phenoxy) is 2. The first-order valence-electron chi connectivity index (χ1n) is 10.8. The number of aryl methyl sites for hydroxylation is 1. The monoisotopic (exact) mass is 555 g/mol. The molecule has 0 N–H and O–H groups in total. The van der Waals surface area contributed by atoms with Crippen molar-refractivity contribution in [2.45, 2.75) is 13.5 Å². The lowest BCUT2D eigenvalue weighted by atomic mass is 10.1. The van der Waals surface area contributed by atoms with Gasteiger partial charge in [-0.15, -0.1) is 0 Å². The van der Waals surface area contributed by atoms with E-state index in [9.17, 15) is 0 Å². The number of halogens is 1. The van der Waals surface area contributed by atoms with Crippen molar-refractivity contribution in [2.24, 2.45) is 0 Å². The molecule has 172 valence electrons. The molecular formula is C27H30IN3O2. The number of anilines is 1. The van der Waals surface area contributed by atoms with Gasteiger partial charge in [0, 0.05) is 31.9 Å². The summed E-state index contributed by atoms with van der Waals surface area (Å²) in [6.07, 6.45) is 8.57. The topological polar surface area (TPSA) is 30.7 Å². The number of hydrogen-bond acceptors (Lipinski definition) is 3. The van der Waals surface area contributed by atoms with Crippen LogP contribution in [-0.4, -0.2) is 32.9 Å². The molecule has 2 aromatic heterocycles. The number of fused-ring (bicyclic) bond motifs is 1. The van der Waals surface area contributed by atoms with Crippen molar-refractivity contribution in [3.05, 3.63) is 78.1 Å². The fourth-order valence-corrected chi connectivity index (χ4v) is 3.90. The maximum Gasteiger partial charge on any atom is 0.287 e. The molecule has 0 spiro atoms. The predicted molar refractivity (Wildman–Crippen MR) is 132 cm³/mol. The van der Waals surface area contributed by atoms with Gasteiger partial charge in [-0.25, -0.2) is 8.97 Å². The number of nitrogens with zero attached hydrogens (tertiary/aromatic N) is 3. The van der Waals surface area contributed by atoms with Crippen LogP contribution in [0, 0.1) is 0 Å². The van der Waals surface area contributed by atoms with E-state index in [4.69, 9.17) is 9.47 Å². The van der Waals surface area contributed by atoms with Crippen molar-refractivity contribution >= 4 is 23.5 Å². The molecule has 2 heterocycles. The van der Waals surface area contributed by atoms with Crippen LogP contribution in [0.4, 0.5) is 5.69 Å². The quantitative estimate of drug-likeness (QED) is 0.259. The number of methoxy groups -OCH3 is 2. The van der Waals surface area contributed by atoms with Crippen LogP contribution in [-0.2, 0) is 6.54 Å². The molecule has 4 aromatic rings. The molecule has 0 atom stereocenters. The summed E-state index contributed by atoms with van der Waals surface area (Å²) in [5.41, 5.74) is 6.80. The molecule has 4 rings (SSSR count). The van der Waals surface area contributed by atoms with E-state index < -0.39 is 0 Å². The van der Waals surface area contributed by atoms with Crippen LogP contribution in [0.3, 0.4) is 0 Å². The average Bonchev–Trinajstić information content (AvgIpc) is 3.20. The molecule has 0 unspecified atom stereocenters. The second kappa shape index (κ2) is 10.7. The van der Waals surface area contributed by atoms with E-state index in [1.807, 2.05) is 12.1 Å². The van der Waals surface area contributed by atoms with Gasteiger partial charge in [0.2, 0.25) is 0 Å². The summed E-state index contributed by atoms with van der Waals surface area (Å²) in [6, 6.07) is 18.8. The molecule has 0 amide bonds. The van der Waals surface area contributed by atoms with Gasteiger partial charge < -0.3 is 38.4 Å². The van der Waals surface area contributed by atoms with Crippen molar-refractivity contribution in [3.8, 4) is 22.8 Å². The minimum absolute atomic E-state index is 0. The van der Waals surface area contributed by atoms with Crippen LogP contribution < -0.4 is 42.8 Å². The number of hydrogen-bond donors (Lipinski definition) is 0. The molecule has 6 heteroatoms. The van der Waals surface area contributed by atoms with E-state index in [2.05, 4.69) is 102 Å². The lowest BCUT2D eigenvalue weighted by molar-refractivity contribution is -0.510. The van der Waals surface area contributed by atoms with Gasteiger partial charge in [-0.3, -0.25) is 0 Å². The van der Waals surface area contributed by atoms with Gasteiger partial charge in [0.25, 0.3) is 5.65 Å². The number of aromatic nitrogens is 2. The molecule has 0 fully saturated rings. The van der Waals surface area contributed by atoms with Gasteiger partial charge in [0.1, 0.15) is 17.7 Å². The predicted octanol–water partition coefficient (Wildman–Crippen LogP) is 2.17. The summed E-state index contributed by atoms with van der Waals surface area (Å²) in [7, 11) is 7.46. The smallest absolute Gasteiger partial charge is 0.287 e. The van der Waals surface area contributed by atoms with E-state index in [0.717, 1.165) is 40.5 Å². The van der Waals surface area contributed by atoms with Crippen LogP contribution in [0.25, 0.3) is 29.1 Å². The fourth-order valence-electron chi connectivity index (χ4n) is 3.90. The molecule has 0 aliphatic rings. The minimum atomic E-state index is 0. The van der Waals surface area contributed by atoms with Crippen LogP contribution in [0.5, 0.6) is 11.5 Å². The third-order valence-electron chi connectivity index (χ3n) is 5.70. The van der Waals surface area contributed by atoms with Crippen molar-refractivity contribution in [1.82, 2.24) is 4.57 Å². The maximum atomic E-state index is 5.66. The molecule has 5 nitrogen and oxygen atoms in total. The maximum absolute atomic E-state index is 5.66. The van der Waals surface area contributed by atoms with Gasteiger partial charge in [-0.1, -0.05) is 24.3 Å².